The molecule has 3 N–H and O–H groups in total. The molecule has 4 atom stereocenters. The van der Waals surface area contributed by atoms with E-state index in [1.165, 1.54) is 0 Å². The van der Waals surface area contributed by atoms with Crippen molar-refractivity contribution in [1.29, 1.82) is 0 Å². The van der Waals surface area contributed by atoms with E-state index >= 15 is 0 Å². The Kier molecular flexibility index (Phi) is 12.2. The molecule has 5 heteroatoms. The number of hydrogen-bond donors (Lipinski definition) is 3. The van der Waals surface area contributed by atoms with Gasteiger partial charge in [0.25, 0.3) is 0 Å². The first-order chi connectivity index (χ1) is 12.0. The van der Waals surface area contributed by atoms with Crippen molar-refractivity contribution in [2.24, 2.45) is 23.7 Å². The van der Waals surface area contributed by atoms with Crippen LogP contribution in [0.5, 0.6) is 0 Å². The van der Waals surface area contributed by atoms with Gasteiger partial charge in [0.05, 0.1) is 0 Å². The van der Waals surface area contributed by atoms with Crippen molar-refractivity contribution in [2.45, 2.75) is 98.4 Å². The number of ketones is 2. The van der Waals surface area contributed by atoms with Crippen LogP contribution < -0.4 is 0 Å². The van der Waals surface area contributed by atoms with E-state index in [-0.39, 0.29) is 0 Å². The Labute approximate surface area is 159 Å². The zero-order valence-electron chi connectivity index (χ0n) is 17.4. The maximum Gasteiger partial charge on any atom is 0.166 e. The average Bonchev–Trinajstić information content (AvgIpc) is 2.57. The fourth-order valence-electron chi connectivity index (χ4n) is 3.04. The van der Waals surface area contributed by atoms with Crippen LogP contribution in [0.2, 0.25) is 0 Å². The molecule has 0 aliphatic carbocycles. The van der Waals surface area contributed by atoms with Crippen LogP contribution in [-0.2, 0) is 9.59 Å². The Morgan fingerprint density at radius 1 is 0.615 bits per heavy atom. The molecule has 0 spiro atoms. The lowest BCUT2D eigenvalue weighted by Gasteiger charge is -2.25. The normalized spacial score (nSPS) is 17.8. The summed E-state index contributed by atoms with van der Waals surface area (Å²) >= 11 is 0. The zero-order chi connectivity index (χ0) is 20.4. The van der Waals surface area contributed by atoms with Crippen LogP contribution in [0, 0.1) is 23.7 Å². The summed E-state index contributed by atoms with van der Waals surface area (Å²) in [5.74, 6) is -0.761. The van der Waals surface area contributed by atoms with E-state index in [0.717, 1.165) is 25.7 Å². The molecule has 0 heterocycles. The molecule has 5 nitrogen and oxygen atoms in total. The maximum absolute atomic E-state index is 12.3. The van der Waals surface area contributed by atoms with Gasteiger partial charge in [-0.15, -0.1) is 0 Å². The van der Waals surface area contributed by atoms with Gasteiger partial charge in [-0.2, -0.15) is 0 Å². The Balaban J connectivity index is 4.56. The van der Waals surface area contributed by atoms with Crippen molar-refractivity contribution in [3.05, 3.63) is 0 Å². The molecular weight excluding hydrogens is 332 g/mol. The van der Waals surface area contributed by atoms with Gasteiger partial charge in [0, 0.05) is 11.8 Å². The Hall–Kier alpha value is -0.780. The third-order valence-electron chi connectivity index (χ3n) is 5.04. The lowest BCUT2D eigenvalue weighted by molar-refractivity contribution is -0.150. The molecule has 0 aliphatic rings. The standard InChI is InChI=1S/C21H40O5/c1-13(2)9-7-11-15(5)17(22)19(24)21(26)20(25)18(23)16(6)12-8-10-14(3)4/h13-16,19-21,24-26H,7-12H2,1-6H3. The van der Waals surface area contributed by atoms with Gasteiger partial charge < -0.3 is 15.3 Å². The minimum atomic E-state index is -1.77. The monoisotopic (exact) mass is 372 g/mol. The van der Waals surface area contributed by atoms with Crippen molar-refractivity contribution in [2.75, 3.05) is 0 Å². The summed E-state index contributed by atoms with van der Waals surface area (Å²) in [6.45, 7) is 11.8. The molecule has 0 bridgehead atoms. The lowest BCUT2D eigenvalue weighted by atomic mass is 9.87. The van der Waals surface area contributed by atoms with Gasteiger partial charge in [-0.05, 0) is 24.7 Å². The average molecular weight is 373 g/mol. The fraction of sp³-hybridized carbons (Fsp3) is 0.905. The molecule has 0 aromatic carbocycles. The SMILES string of the molecule is CC(C)CCCC(C)C(=O)C(O)C(O)C(O)C(=O)C(C)CCCC(C)C. The van der Waals surface area contributed by atoms with Crippen LogP contribution in [0.25, 0.3) is 0 Å². The molecule has 0 radical (unpaired) electrons. The molecule has 0 saturated carbocycles. The Morgan fingerprint density at radius 2 is 0.923 bits per heavy atom. The van der Waals surface area contributed by atoms with Crippen LogP contribution in [0.4, 0.5) is 0 Å². The van der Waals surface area contributed by atoms with E-state index in [9.17, 15) is 24.9 Å². The van der Waals surface area contributed by atoms with Gasteiger partial charge in [0.15, 0.2) is 11.6 Å². The second kappa shape index (κ2) is 12.6. The number of aliphatic hydroxyl groups excluding tert-OH is 3. The highest BCUT2D eigenvalue weighted by Gasteiger charge is 2.37. The molecule has 0 fully saturated rings. The Bertz CT molecular complexity index is 381. The first-order valence-corrected chi connectivity index (χ1v) is 10.1. The number of aliphatic hydroxyl groups is 3. The molecule has 0 saturated heterocycles. The summed E-state index contributed by atoms with van der Waals surface area (Å²) in [6, 6.07) is 0. The number of hydrogen-bond acceptors (Lipinski definition) is 5. The van der Waals surface area contributed by atoms with Crippen LogP contribution in [0.1, 0.15) is 80.1 Å². The first kappa shape index (κ1) is 25.2. The van der Waals surface area contributed by atoms with Crippen molar-refractivity contribution >= 4 is 11.6 Å². The Morgan fingerprint density at radius 3 is 1.19 bits per heavy atom. The van der Waals surface area contributed by atoms with Gasteiger partial charge in [-0.1, -0.05) is 67.2 Å². The van der Waals surface area contributed by atoms with Crippen molar-refractivity contribution in [3.63, 3.8) is 0 Å². The van der Waals surface area contributed by atoms with Crippen LogP contribution in [0.15, 0.2) is 0 Å². The largest absolute Gasteiger partial charge is 0.387 e. The van der Waals surface area contributed by atoms with E-state index in [2.05, 4.69) is 27.7 Å². The van der Waals surface area contributed by atoms with Gasteiger partial charge in [-0.25, -0.2) is 0 Å². The lowest BCUT2D eigenvalue weighted by Crippen LogP contribution is -2.48. The van der Waals surface area contributed by atoms with Gasteiger partial charge in [-0.3, -0.25) is 9.59 Å². The summed E-state index contributed by atoms with van der Waals surface area (Å²) in [7, 11) is 0. The summed E-state index contributed by atoms with van der Waals surface area (Å²) in [5, 5.41) is 30.3. The zero-order valence-corrected chi connectivity index (χ0v) is 17.4. The van der Waals surface area contributed by atoms with Crippen LogP contribution >= 0.6 is 0 Å². The topological polar surface area (TPSA) is 94.8 Å². The molecule has 0 aromatic heterocycles. The smallest absolute Gasteiger partial charge is 0.166 e. The van der Waals surface area contributed by atoms with Crippen LogP contribution in [0.3, 0.4) is 0 Å². The number of carbonyl (C=O) groups is 2. The molecular formula is C21H40O5. The number of carbonyl (C=O) groups excluding carboxylic acids is 2. The predicted octanol–water partition coefficient (Wildman–Crippen LogP) is 3.13. The quantitative estimate of drug-likeness (QED) is 0.435. The molecule has 0 rings (SSSR count). The van der Waals surface area contributed by atoms with Gasteiger partial charge in [0.1, 0.15) is 18.3 Å². The highest BCUT2D eigenvalue weighted by atomic mass is 16.4. The molecule has 0 amide bonds. The first-order valence-electron chi connectivity index (χ1n) is 10.1. The summed E-state index contributed by atoms with van der Waals surface area (Å²) < 4.78 is 0. The van der Waals surface area contributed by atoms with Crippen LogP contribution in [-0.4, -0.2) is 45.2 Å². The molecule has 0 aliphatic heterocycles. The third-order valence-corrected chi connectivity index (χ3v) is 5.04. The third kappa shape index (κ3) is 9.24. The second-order valence-electron chi connectivity index (χ2n) is 8.64. The summed E-state index contributed by atoms with van der Waals surface area (Å²) in [4.78, 5) is 24.5. The highest BCUT2D eigenvalue weighted by Crippen LogP contribution is 2.19. The van der Waals surface area contributed by atoms with Crippen molar-refractivity contribution < 1.29 is 24.9 Å². The van der Waals surface area contributed by atoms with Gasteiger partial charge >= 0.3 is 0 Å². The molecule has 4 unspecified atom stereocenters. The molecule has 26 heavy (non-hydrogen) atoms. The van der Waals surface area contributed by atoms with Crippen molar-refractivity contribution in [3.8, 4) is 0 Å². The fourth-order valence-corrected chi connectivity index (χ4v) is 3.04. The predicted molar refractivity (Wildman–Crippen MR) is 104 cm³/mol. The minimum absolute atomic E-state index is 0.413. The second-order valence-corrected chi connectivity index (χ2v) is 8.64. The highest BCUT2D eigenvalue weighted by molar-refractivity contribution is 5.89. The van der Waals surface area contributed by atoms with E-state index in [4.69, 9.17) is 0 Å². The number of rotatable bonds is 14. The minimum Gasteiger partial charge on any atom is -0.387 e. The van der Waals surface area contributed by atoms with Gasteiger partial charge in [0.2, 0.25) is 0 Å². The van der Waals surface area contributed by atoms with E-state index in [1.54, 1.807) is 13.8 Å². The maximum atomic E-state index is 12.3. The molecule has 154 valence electrons. The summed E-state index contributed by atoms with van der Waals surface area (Å²) in [5.41, 5.74) is 0. The van der Waals surface area contributed by atoms with E-state index in [1.807, 2.05) is 0 Å². The van der Waals surface area contributed by atoms with E-state index in [0.29, 0.717) is 24.7 Å². The van der Waals surface area contributed by atoms with E-state index < -0.39 is 41.7 Å². The summed E-state index contributed by atoms with van der Waals surface area (Å²) in [6.07, 6.45) is -0.278. The number of Topliss-reactive ketones (excluding diaryl/α,β-unsaturated/α-hetero) is 2. The molecule has 0 aromatic rings. The van der Waals surface area contributed by atoms with Crippen molar-refractivity contribution in [1.82, 2.24) is 0 Å².